The lowest BCUT2D eigenvalue weighted by Gasteiger charge is -2.11. The van der Waals surface area contributed by atoms with E-state index >= 15 is 0 Å². The lowest BCUT2D eigenvalue weighted by atomic mass is 10.0. The SMILES string of the molecule is CON=C(c1ccon1)c1ccccc1COc1ccccc1. The van der Waals surface area contributed by atoms with Crippen molar-refractivity contribution in [3.05, 3.63) is 83.7 Å². The molecule has 0 spiro atoms. The van der Waals surface area contributed by atoms with E-state index in [9.17, 15) is 0 Å². The molecule has 0 amide bonds. The van der Waals surface area contributed by atoms with Gasteiger partial charge in [0.2, 0.25) is 0 Å². The van der Waals surface area contributed by atoms with Crippen molar-refractivity contribution >= 4 is 5.71 Å². The van der Waals surface area contributed by atoms with Crippen molar-refractivity contribution in [2.24, 2.45) is 5.16 Å². The molecule has 23 heavy (non-hydrogen) atoms. The van der Waals surface area contributed by atoms with Crippen molar-refractivity contribution in [2.45, 2.75) is 6.61 Å². The number of nitrogens with zero attached hydrogens (tertiary/aromatic N) is 2. The molecule has 0 saturated carbocycles. The Balaban J connectivity index is 1.89. The molecule has 0 aliphatic rings. The summed E-state index contributed by atoms with van der Waals surface area (Å²) in [5.74, 6) is 0.814. The normalized spacial score (nSPS) is 11.3. The minimum Gasteiger partial charge on any atom is -0.489 e. The van der Waals surface area contributed by atoms with Gasteiger partial charge in [0.05, 0.1) is 0 Å². The monoisotopic (exact) mass is 308 g/mol. The summed E-state index contributed by atoms with van der Waals surface area (Å²) < 4.78 is 10.8. The molecule has 0 N–H and O–H groups in total. The molecular formula is C18H16N2O3. The van der Waals surface area contributed by atoms with E-state index in [-0.39, 0.29) is 0 Å². The van der Waals surface area contributed by atoms with Gasteiger partial charge < -0.3 is 14.1 Å². The highest BCUT2D eigenvalue weighted by Crippen LogP contribution is 2.18. The van der Waals surface area contributed by atoms with Gasteiger partial charge in [0.25, 0.3) is 0 Å². The van der Waals surface area contributed by atoms with Crippen LogP contribution in [0.5, 0.6) is 5.75 Å². The van der Waals surface area contributed by atoms with Crippen molar-refractivity contribution in [1.29, 1.82) is 0 Å². The summed E-state index contributed by atoms with van der Waals surface area (Å²) in [5, 5.41) is 8.04. The summed E-state index contributed by atoms with van der Waals surface area (Å²) in [4.78, 5) is 4.97. The summed E-state index contributed by atoms with van der Waals surface area (Å²) in [5.41, 5.74) is 3.09. The van der Waals surface area contributed by atoms with Gasteiger partial charge in [-0.25, -0.2) is 0 Å². The average molecular weight is 308 g/mol. The second-order valence-corrected chi connectivity index (χ2v) is 4.77. The topological polar surface area (TPSA) is 56.9 Å². The van der Waals surface area contributed by atoms with Crippen LogP contribution in [0, 0.1) is 0 Å². The van der Waals surface area contributed by atoms with Gasteiger partial charge in [-0.1, -0.05) is 52.8 Å². The van der Waals surface area contributed by atoms with Gasteiger partial charge in [0.15, 0.2) is 0 Å². The van der Waals surface area contributed by atoms with Crippen molar-refractivity contribution in [1.82, 2.24) is 5.16 Å². The quantitative estimate of drug-likeness (QED) is 0.515. The predicted molar refractivity (Wildman–Crippen MR) is 86.4 cm³/mol. The lowest BCUT2D eigenvalue weighted by Crippen LogP contribution is -2.10. The molecule has 0 saturated heterocycles. The third kappa shape index (κ3) is 3.58. The van der Waals surface area contributed by atoms with E-state index in [1.54, 1.807) is 6.07 Å². The number of rotatable bonds is 6. The zero-order chi connectivity index (χ0) is 15.9. The molecule has 0 bridgehead atoms. The molecule has 0 atom stereocenters. The van der Waals surface area contributed by atoms with E-state index in [0.717, 1.165) is 16.9 Å². The molecule has 3 aromatic rings. The highest BCUT2D eigenvalue weighted by Gasteiger charge is 2.15. The second kappa shape index (κ2) is 7.26. The van der Waals surface area contributed by atoms with Crippen LogP contribution in [-0.2, 0) is 11.4 Å². The summed E-state index contributed by atoms with van der Waals surface area (Å²) >= 11 is 0. The minimum atomic E-state index is 0.417. The van der Waals surface area contributed by atoms with Crippen LogP contribution in [0.15, 0.2) is 76.6 Å². The van der Waals surface area contributed by atoms with Crippen molar-refractivity contribution in [2.75, 3.05) is 7.11 Å². The van der Waals surface area contributed by atoms with Crippen LogP contribution in [0.1, 0.15) is 16.8 Å². The number of ether oxygens (including phenoxy) is 1. The number of hydrogen-bond donors (Lipinski definition) is 0. The van der Waals surface area contributed by atoms with E-state index in [0.29, 0.717) is 18.0 Å². The molecule has 3 rings (SSSR count). The Morgan fingerprint density at radius 1 is 1.04 bits per heavy atom. The smallest absolute Gasteiger partial charge is 0.139 e. The van der Waals surface area contributed by atoms with Gasteiger partial charge in [-0.05, 0) is 17.7 Å². The molecule has 1 heterocycles. The highest BCUT2D eigenvalue weighted by atomic mass is 16.6. The van der Waals surface area contributed by atoms with Crippen LogP contribution >= 0.6 is 0 Å². The molecule has 0 aliphatic carbocycles. The molecule has 0 unspecified atom stereocenters. The van der Waals surface area contributed by atoms with E-state index < -0.39 is 0 Å². The van der Waals surface area contributed by atoms with E-state index in [2.05, 4.69) is 10.3 Å². The Kier molecular flexibility index (Phi) is 4.69. The Labute approximate surface area is 134 Å². The fourth-order valence-corrected chi connectivity index (χ4v) is 2.21. The van der Waals surface area contributed by atoms with Gasteiger partial charge in [0.1, 0.15) is 37.1 Å². The predicted octanol–water partition coefficient (Wildman–Crippen LogP) is 3.65. The first-order chi connectivity index (χ1) is 11.4. The van der Waals surface area contributed by atoms with Crippen molar-refractivity contribution in [3.8, 4) is 5.75 Å². The van der Waals surface area contributed by atoms with Gasteiger partial charge in [0, 0.05) is 11.6 Å². The summed E-state index contributed by atoms with van der Waals surface area (Å²) in [7, 11) is 1.50. The van der Waals surface area contributed by atoms with Crippen LogP contribution in [0.4, 0.5) is 0 Å². The lowest BCUT2D eigenvalue weighted by molar-refractivity contribution is 0.213. The second-order valence-electron chi connectivity index (χ2n) is 4.77. The van der Waals surface area contributed by atoms with E-state index in [4.69, 9.17) is 14.1 Å². The van der Waals surface area contributed by atoms with Crippen LogP contribution in [0.3, 0.4) is 0 Å². The van der Waals surface area contributed by atoms with Gasteiger partial charge in [-0.2, -0.15) is 0 Å². The Morgan fingerprint density at radius 3 is 2.57 bits per heavy atom. The summed E-state index contributed by atoms with van der Waals surface area (Å²) in [6, 6.07) is 19.3. The van der Waals surface area contributed by atoms with Crippen LogP contribution in [0.2, 0.25) is 0 Å². The molecule has 0 aliphatic heterocycles. The zero-order valence-electron chi connectivity index (χ0n) is 12.7. The number of para-hydroxylation sites is 1. The average Bonchev–Trinajstić information content (AvgIpc) is 3.13. The standard InChI is InChI=1S/C18H16N2O3/c1-21-20-18(17-11-12-23-19-17)16-10-6-5-7-14(16)13-22-15-8-3-2-4-9-15/h2-12H,13H2,1H3. The Bertz CT molecular complexity index is 768. The number of benzene rings is 2. The zero-order valence-corrected chi connectivity index (χ0v) is 12.7. The van der Waals surface area contributed by atoms with Crippen LogP contribution in [-0.4, -0.2) is 18.0 Å². The van der Waals surface area contributed by atoms with Crippen molar-refractivity contribution < 1.29 is 14.1 Å². The van der Waals surface area contributed by atoms with Gasteiger partial charge in [-0.15, -0.1) is 0 Å². The first kappa shape index (κ1) is 14.8. The van der Waals surface area contributed by atoms with Crippen molar-refractivity contribution in [3.63, 3.8) is 0 Å². The summed E-state index contributed by atoms with van der Waals surface area (Å²) in [6.45, 7) is 0.417. The van der Waals surface area contributed by atoms with E-state index in [1.165, 1.54) is 13.4 Å². The molecule has 0 radical (unpaired) electrons. The summed E-state index contributed by atoms with van der Waals surface area (Å²) in [6.07, 6.45) is 1.50. The van der Waals surface area contributed by atoms with Crippen LogP contribution < -0.4 is 4.74 Å². The van der Waals surface area contributed by atoms with E-state index in [1.807, 2.05) is 54.6 Å². The molecule has 1 aromatic heterocycles. The number of oxime groups is 1. The highest BCUT2D eigenvalue weighted by molar-refractivity contribution is 6.12. The third-order valence-electron chi connectivity index (χ3n) is 3.27. The number of hydrogen-bond acceptors (Lipinski definition) is 5. The fraction of sp³-hybridized carbons (Fsp3) is 0.111. The molecule has 0 fully saturated rings. The molecule has 5 nitrogen and oxygen atoms in total. The maximum Gasteiger partial charge on any atom is 0.139 e. The molecule has 5 heteroatoms. The molecular weight excluding hydrogens is 292 g/mol. The first-order valence-electron chi connectivity index (χ1n) is 7.16. The molecule has 116 valence electrons. The van der Waals surface area contributed by atoms with Crippen LogP contribution in [0.25, 0.3) is 0 Å². The maximum atomic E-state index is 5.84. The van der Waals surface area contributed by atoms with Gasteiger partial charge in [-0.3, -0.25) is 0 Å². The minimum absolute atomic E-state index is 0.417. The Hall–Kier alpha value is -3.08. The molecule has 2 aromatic carbocycles. The largest absolute Gasteiger partial charge is 0.489 e. The maximum absolute atomic E-state index is 5.84. The first-order valence-corrected chi connectivity index (χ1v) is 7.16. The third-order valence-corrected chi connectivity index (χ3v) is 3.27. The number of aromatic nitrogens is 1. The fourth-order valence-electron chi connectivity index (χ4n) is 2.21. The Morgan fingerprint density at radius 2 is 1.83 bits per heavy atom. The van der Waals surface area contributed by atoms with Gasteiger partial charge >= 0.3 is 0 Å².